The summed E-state index contributed by atoms with van der Waals surface area (Å²) in [4.78, 5) is 0. The summed E-state index contributed by atoms with van der Waals surface area (Å²) in [5, 5.41) is 0. The van der Waals surface area contributed by atoms with Crippen molar-refractivity contribution in [2.24, 2.45) is 0 Å². The molecular formula is C4H4Si3. The minimum Gasteiger partial charge on any atom is -0.0965 e. The van der Waals surface area contributed by atoms with E-state index in [0.29, 0.717) is 0 Å². The summed E-state index contributed by atoms with van der Waals surface area (Å²) in [6, 6.07) is 0. The maximum Gasteiger partial charge on any atom is 0.0691 e. The van der Waals surface area contributed by atoms with E-state index in [9.17, 15) is 0 Å². The summed E-state index contributed by atoms with van der Waals surface area (Å²) < 4.78 is 0. The van der Waals surface area contributed by atoms with Crippen LogP contribution in [0.5, 0.6) is 0 Å². The Morgan fingerprint density at radius 1 is 1.00 bits per heavy atom. The Hall–Kier alpha value is 0.131. The molecule has 0 amide bonds. The van der Waals surface area contributed by atoms with Crippen molar-refractivity contribution in [2.45, 2.75) is 0 Å². The van der Waals surface area contributed by atoms with Crippen molar-refractivity contribution in [3.8, 4) is 0 Å². The van der Waals surface area contributed by atoms with Crippen molar-refractivity contribution in [2.75, 3.05) is 0 Å². The standard InChI is InChI=1S/C4H4Si3/c5-7(6)3-1-2-4-7/h1-4H. The van der Waals surface area contributed by atoms with Gasteiger partial charge in [0.15, 0.2) is 0 Å². The second-order valence-corrected chi connectivity index (χ2v) is 10.5. The Morgan fingerprint density at radius 3 is 1.57 bits per heavy atom. The van der Waals surface area contributed by atoms with Crippen molar-refractivity contribution in [3.63, 3.8) is 0 Å². The van der Waals surface area contributed by atoms with E-state index in [0.717, 1.165) is 0 Å². The Morgan fingerprint density at radius 2 is 1.43 bits per heavy atom. The van der Waals surface area contributed by atoms with E-state index < -0.39 is 7.11 Å². The molecule has 0 aromatic heterocycles. The first-order chi connectivity index (χ1) is 3.21. The van der Waals surface area contributed by atoms with Gasteiger partial charge in [0.1, 0.15) is 0 Å². The molecule has 0 spiro atoms. The highest BCUT2D eigenvalue weighted by Crippen LogP contribution is 2.02. The zero-order valence-electron chi connectivity index (χ0n) is 3.81. The van der Waals surface area contributed by atoms with Crippen molar-refractivity contribution in [3.05, 3.63) is 23.6 Å². The van der Waals surface area contributed by atoms with Gasteiger partial charge >= 0.3 is 0 Å². The monoisotopic (exact) mass is 136 g/mol. The van der Waals surface area contributed by atoms with Gasteiger partial charge in [-0.05, 0) is 0 Å². The molecule has 1 rings (SSSR count). The molecule has 1 heterocycles. The minimum absolute atomic E-state index is 1.29. The summed E-state index contributed by atoms with van der Waals surface area (Å²) in [5.41, 5.74) is 4.31. The van der Waals surface area contributed by atoms with Gasteiger partial charge in [-0.25, -0.2) is 0 Å². The third kappa shape index (κ3) is 1.25. The largest absolute Gasteiger partial charge is 0.0965 e. The number of hydrogen-bond acceptors (Lipinski definition) is 0. The van der Waals surface area contributed by atoms with Crippen molar-refractivity contribution in [1.82, 2.24) is 0 Å². The first-order valence-corrected chi connectivity index (χ1v) is 7.23. The summed E-state index contributed by atoms with van der Waals surface area (Å²) in [7, 11) is 5.85. The zero-order chi connectivity index (χ0) is 5.33. The Labute approximate surface area is 50.7 Å². The summed E-state index contributed by atoms with van der Waals surface area (Å²) in [6.45, 7) is 0. The van der Waals surface area contributed by atoms with Gasteiger partial charge in [0, 0.05) is 19.5 Å². The third-order valence-corrected chi connectivity index (χ3v) is 4.27. The number of allylic oxidation sites excluding steroid dienone is 2. The van der Waals surface area contributed by atoms with Crippen LogP contribution in [0, 0.1) is 0 Å². The first-order valence-electron chi connectivity index (χ1n) is 2.08. The summed E-state index contributed by atoms with van der Waals surface area (Å²) >= 11 is 0. The van der Waals surface area contributed by atoms with Crippen molar-refractivity contribution >= 4 is 26.6 Å². The fraction of sp³-hybridized carbons (Fsp3) is 0. The molecule has 6 radical (unpaired) electrons. The predicted molar refractivity (Wildman–Crippen MR) is 35.5 cm³/mol. The van der Waals surface area contributed by atoms with Gasteiger partial charge in [-0.3, -0.25) is 0 Å². The molecule has 0 aromatic carbocycles. The predicted octanol–water partition coefficient (Wildman–Crippen LogP) is -0.0300. The van der Waals surface area contributed by atoms with Gasteiger partial charge in [0.25, 0.3) is 0 Å². The number of rotatable bonds is 0. The van der Waals surface area contributed by atoms with E-state index >= 15 is 0 Å². The van der Waals surface area contributed by atoms with E-state index in [1.54, 1.807) is 0 Å². The van der Waals surface area contributed by atoms with E-state index in [4.69, 9.17) is 0 Å². The summed E-state index contributed by atoms with van der Waals surface area (Å²) in [5.74, 6) is 0. The SMILES string of the molecule is [Si][Si]1([Si])C=CC=C1. The van der Waals surface area contributed by atoms with Gasteiger partial charge in [-0.15, -0.1) is 0 Å². The van der Waals surface area contributed by atoms with Crippen LogP contribution in [0.1, 0.15) is 0 Å². The quantitative estimate of drug-likeness (QED) is 0.410. The highest BCUT2D eigenvalue weighted by Gasteiger charge is 2.13. The molecule has 0 fully saturated rings. The van der Waals surface area contributed by atoms with Crippen LogP contribution in [0.25, 0.3) is 0 Å². The van der Waals surface area contributed by atoms with E-state index in [-0.39, 0.29) is 0 Å². The van der Waals surface area contributed by atoms with E-state index in [1.807, 2.05) is 12.2 Å². The van der Waals surface area contributed by atoms with Crippen LogP contribution >= 0.6 is 0 Å². The molecule has 7 heavy (non-hydrogen) atoms. The van der Waals surface area contributed by atoms with E-state index in [1.165, 1.54) is 0 Å². The van der Waals surface area contributed by atoms with Crippen LogP contribution in [0.15, 0.2) is 23.6 Å². The molecule has 1 aliphatic rings. The molecule has 0 N–H and O–H groups in total. The van der Waals surface area contributed by atoms with Crippen LogP contribution in [-0.2, 0) is 0 Å². The molecule has 3 heteroatoms. The van der Waals surface area contributed by atoms with Crippen LogP contribution in [-0.4, -0.2) is 26.6 Å². The van der Waals surface area contributed by atoms with E-state index in [2.05, 4.69) is 30.9 Å². The minimum atomic E-state index is -1.29. The normalized spacial score (nSPS) is 23.7. The Bertz CT molecular complexity index is 109. The van der Waals surface area contributed by atoms with Crippen LogP contribution in [0.4, 0.5) is 0 Å². The molecule has 32 valence electrons. The fourth-order valence-electron chi connectivity index (χ4n) is 0.470. The van der Waals surface area contributed by atoms with Crippen molar-refractivity contribution < 1.29 is 0 Å². The smallest absolute Gasteiger partial charge is 0.0691 e. The molecule has 0 nitrogen and oxygen atoms in total. The third-order valence-electron chi connectivity index (χ3n) is 0.829. The molecule has 0 saturated carbocycles. The zero-order valence-corrected chi connectivity index (χ0v) is 6.81. The molecule has 0 bridgehead atoms. The lowest BCUT2D eigenvalue weighted by molar-refractivity contribution is 2.15. The average Bonchev–Trinajstić information content (AvgIpc) is 1.84. The Kier molecular flexibility index (Phi) is 1.18. The Balaban J connectivity index is 2.77. The topological polar surface area (TPSA) is 0 Å². The van der Waals surface area contributed by atoms with Gasteiger partial charge in [-0.1, -0.05) is 23.6 Å². The molecule has 0 saturated heterocycles. The van der Waals surface area contributed by atoms with Crippen LogP contribution in [0.2, 0.25) is 0 Å². The number of hydrogen-bond donors (Lipinski definition) is 0. The lowest BCUT2D eigenvalue weighted by Gasteiger charge is -2.03. The van der Waals surface area contributed by atoms with Gasteiger partial charge in [-0.2, -0.15) is 0 Å². The fourth-order valence-corrected chi connectivity index (χ4v) is 2.57. The molecular weight excluding hydrogens is 132 g/mol. The van der Waals surface area contributed by atoms with Crippen molar-refractivity contribution in [1.29, 1.82) is 0 Å². The van der Waals surface area contributed by atoms with Crippen LogP contribution in [0.3, 0.4) is 0 Å². The highest BCUT2D eigenvalue weighted by molar-refractivity contribution is 7.46. The molecule has 0 aliphatic carbocycles. The first kappa shape index (κ1) is 5.27. The second-order valence-electron chi connectivity index (χ2n) is 1.59. The maximum atomic E-state index is 3.57. The molecule has 1 aliphatic heterocycles. The summed E-state index contributed by atoms with van der Waals surface area (Å²) in [6.07, 6.45) is 4.10. The van der Waals surface area contributed by atoms with Gasteiger partial charge in [0.2, 0.25) is 0 Å². The van der Waals surface area contributed by atoms with Gasteiger partial charge in [0.05, 0.1) is 7.11 Å². The average molecular weight is 136 g/mol. The molecule has 0 atom stereocenters. The lowest BCUT2D eigenvalue weighted by Crippen LogP contribution is -2.29. The highest BCUT2D eigenvalue weighted by atomic mass is 29.6. The second kappa shape index (κ2) is 1.57. The maximum absolute atomic E-state index is 3.57. The molecule has 0 unspecified atom stereocenters. The lowest BCUT2D eigenvalue weighted by atomic mass is 10.6. The van der Waals surface area contributed by atoms with Gasteiger partial charge < -0.3 is 0 Å². The molecule has 0 aromatic rings. The van der Waals surface area contributed by atoms with Crippen LogP contribution < -0.4 is 0 Å².